The Morgan fingerprint density at radius 2 is 2.05 bits per heavy atom. The molecule has 0 bridgehead atoms. The highest BCUT2D eigenvalue weighted by Gasteiger charge is 2.30. The minimum atomic E-state index is -3.19. The summed E-state index contributed by atoms with van der Waals surface area (Å²) in [6, 6.07) is 0. The van der Waals surface area contributed by atoms with Crippen LogP contribution in [0.5, 0.6) is 11.8 Å². The molecule has 0 saturated carbocycles. The van der Waals surface area contributed by atoms with Gasteiger partial charge in [0, 0.05) is 18.9 Å². The van der Waals surface area contributed by atoms with Crippen molar-refractivity contribution < 1.29 is 17.9 Å². The maximum atomic E-state index is 12.1. The summed E-state index contributed by atoms with van der Waals surface area (Å²) in [5.41, 5.74) is 0. The fourth-order valence-electron chi connectivity index (χ4n) is 2.33. The van der Waals surface area contributed by atoms with Crippen LogP contribution in [0.2, 0.25) is 0 Å². The lowest BCUT2D eigenvalue weighted by Gasteiger charge is -2.31. The molecule has 0 amide bonds. The van der Waals surface area contributed by atoms with E-state index in [1.807, 2.05) is 6.92 Å². The molecule has 1 unspecified atom stereocenters. The van der Waals surface area contributed by atoms with Crippen LogP contribution in [-0.2, 0) is 10.0 Å². The van der Waals surface area contributed by atoms with Crippen molar-refractivity contribution in [3.63, 3.8) is 0 Å². The Kier molecular flexibility index (Phi) is 5.35. The zero-order chi connectivity index (χ0) is 15.3. The van der Waals surface area contributed by atoms with Gasteiger partial charge in [0.15, 0.2) is 0 Å². The van der Waals surface area contributed by atoms with E-state index in [0.717, 1.165) is 12.8 Å². The molecule has 2 rings (SSSR count). The molecule has 8 heteroatoms. The SMILES string of the molecule is CCCS(=O)(=O)N1CCCC(Oc2nccnc2OC)C1. The van der Waals surface area contributed by atoms with E-state index in [2.05, 4.69) is 9.97 Å². The van der Waals surface area contributed by atoms with E-state index in [1.54, 1.807) is 0 Å². The molecular formula is C13H21N3O4S. The van der Waals surface area contributed by atoms with E-state index in [1.165, 1.54) is 23.8 Å². The monoisotopic (exact) mass is 315 g/mol. The molecule has 0 radical (unpaired) electrons. The molecule has 0 aliphatic carbocycles. The Labute approximate surface area is 125 Å². The van der Waals surface area contributed by atoms with Crippen LogP contribution in [0.15, 0.2) is 12.4 Å². The number of rotatable bonds is 6. The summed E-state index contributed by atoms with van der Waals surface area (Å²) >= 11 is 0. The third-order valence-electron chi connectivity index (χ3n) is 3.30. The van der Waals surface area contributed by atoms with E-state index in [0.29, 0.717) is 31.3 Å². The topological polar surface area (TPSA) is 81.6 Å². The molecule has 2 heterocycles. The van der Waals surface area contributed by atoms with Gasteiger partial charge in [-0.1, -0.05) is 6.92 Å². The third-order valence-corrected chi connectivity index (χ3v) is 5.34. The van der Waals surface area contributed by atoms with E-state index in [9.17, 15) is 8.42 Å². The fourth-order valence-corrected chi connectivity index (χ4v) is 3.91. The zero-order valence-electron chi connectivity index (χ0n) is 12.4. The van der Waals surface area contributed by atoms with Gasteiger partial charge in [0.05, 0.1) is 19.4 Å². The summed E-state index contributed by atoms with van der Waals surface area (Å²) < 4.78 is 36.6. The van der Waals surface area contributed by atoms with Gasteiger partial charge in [0.1, 0.15) is 6.10 Å². The summed E-state index contributed by atoms with van der Waals surface area (Å²) in [7, 11) is -1.69. The van der Waals surface area contributed by atoms with E-state index in [4.69, 9.17) is 9.47 Å². The standard InChI is InChI=1S/C13H21N3O4S/c1-3-9-21(17,18)16-8-4-5-11(10-16)20-13-12(19-2)14-6-7-15-13/h6-7,11H,3-5,8-10H2,1-2H3. The van der Waals surface area contributed by atoms with E-state index >= 15 is 0 Å². The lowest BCUT2D eigenvalue weighted by molar-refractivity contribution is 0.119. The number of sulfonamides is 1. The summed E-state index contributed by atoms with van der Waals surface area (Å²) in [6.07, 6.45) is 4.99. The highest BCUT2D eigenvalue weighted by atomic mass is 32.2. The number of piperidine rings is 1. The molecular weight excluding hydrogens is 294 g/mol. The molecule has 1 aromatic heterocycles. The van der Waals surface area contributed by atoms with Crippen LogP contribution >= 0.6 is 0 Å². The van der Waals surface area contributed by atoms with Crippen LogP contribution in [0.25, 0.3) is 0 Å². The molecule has 1 aliphatic heterocycles. The van der Waals surface area contributed by atoms with Crippen molar-refractivity contribution in [3.8, 4) is 11.8 Å². The lowest BCUT2D eigenvalue weighted by Crippen LogP contribution is -2.45. The van der Waals surface area contributed by atoms with Crippen LogP contribution < -0.4 is 9.47 Å². The average Bonchev–Trinajstić information content (AvgIpc) is 2.48. The second kappa shape index (κ2) is 7.04. The Balaban J connectivity index is 2.05. The molecule has 0 N–H and O–H groups in total. The highest BCUT2D eigenvalue weighted by molar-refractivity contribution is 7.89. The maximum absolute atomic E-state index is 12.1. The van der Waals surface area contributed by atoms with Crippen LogP contribution in [0.3, 0.4) is 0 Å². The van der Waals surface area contributed by atoms with Crippen molar-refractivity contribution in [1.82, 2.24) is 14.3 Å². The van der Waals surface area contributed by atoms with Crippen LogP contribution in [0.1, 0.15) is 26.2 Å². The highest BCUT2D eigenvalue weighted by Crippen LogP contribution is 2.24. The van der Waals surface area contributed by atoms with Crippen molar-refractivity contribution >= 4 is 10.0 Å². The third kappa shape index (κ3) is 4.04. The largest absolute Gasteiger partial charge is 0.477 e. The van der Waals surface area contributed by atoms with Gasteiger partial charge in [0.2, 0.25) is 10.0 Å². The van der Waals surface area contributed by atoms with Gasteiger partial charge >= 0.3 is 0 Å². The number of nitrogens with zero attached hydrogens (tertiary/aromatic N) is 3. The molecule has 1 aromatic rings. The molecule has 1 fully saturated rings. The van der Waals surface area contributed by atoms with E-state index in [-0.39, 0.29) is 11.9 Å². The molecule has 21 heavy (non-hydrogen) atoms. The first kappa shape index (κ1) is 16.0. The number of aromatic nitrogens is 2. The molecule has 1 atom stereocenters. The zero-order valence-corrected chi connectivity index (χ0v) is 13.2. The molecule has 0 aromatic carbocycles. The smallest absolute Gasteiger partial charge is 0.278 e. The van der Waals surface area contributed by atoms with Crippen LogP contribution in [0, 0.1) is 0 Å². The predicted molar refractivity (Wildman–Crippen MR) is 77.9 cm³/mol. The van der Waals surface area contributed by atoms with Crippen LogP contribution in [0.4, 0.5) is 0 Å². The molecule has 7 nitrogen and oxygen atoms in total. The molecule has 0 spiro atoms. The van der Waals surface area contributed by atoms with Gasteiger partial charge in [-0.15, -0.1) is 0 Å². The van der Waals surface area contributed by atoms with E-state index < -0.39 is 10.0 Å². The van der Waals surface area contributed by atoms with Crippen molar-refractivity contribution in [2.75, 3.05) is 26.0 Å². The summed E-state index contributed by atoms with van der Waals surface area (Å²) in [4.78, 5) is 8.11. The summed E-state index contributed by atoms with van der Waals surface area (Å²) in [5.74, 6) is 0.791. The first-order chi connectivity index (χ1) is 10.1. The normalized spacial score (nSPS) is 20.2. The fraction of sp³-hybridized carbons (Fsp3) is 0.692. The summed E-state index contributed by atoms with van der Waals surface area (Å²) in [5, 5.41) is 0. The Hall–Kier alpha value is -1.41. The van der Waals surface area contributed by atoms with Crippen molar-refractivity contribution in [2.24, 2.45) is 0 Å². The second-order valence-corrected chi connectivity index (χ2v) is 7.02. The van der Waals surface area contributed by atoms with Gasteiger partial charge in [0.25, 0.3) is 11.8 Å². The Morgan fingerprint density at radius 3 is 2.71 bits per heavy atom. The van der Waals surface area contributed by atoms with Gasteiger partial charge in [-0.3, -0.25) is 0 Å². The van der Waals surface area contributed by atoms with Gasteiger partial charge in [-0.25, -0.2) is 18.4 Å². The first-order valence-corrected chi connectivity index (χ1v) is 8.67. The minimum Gasteiger partial charge on any atom is -0.477 e. The number of hydrogen-bond acceptors (Lipinski definition) is 6. The van der Waals surface area contributed by atoms with Crippen molar-refractivity contribution in [1.29, 1.82) is 0 Å². The number of methoxy groups -OCH3 is 1. The van der Waals surface area contributed by atoms with Crippen molar-refractivity contribution in [3.05, 3.63) is 12.4 Å². The van der Waals surface area contributed by atoms with Gasteiger partial charge < -0.3 is 9.47 Å². The predicted octanol–water partition coefficient (Wildman–Crippen LogP) is 1.07. The number of ether oxygens (including phenoxy) is 2. The minimum absolute atomic E-state index is 0.175. The second-order valence-electron chi connectivity index (χ2n) is 4.93. The van der Waals surface area contributed by atoms with Crippen LogP contribution in [-0.4, -0.2) is 54.7 Å². The summed E-state index contributed by atoms with van der Waals surface area (Å²) in [6.45, 7) is 2.77. The molecule has 1 aliphatic rings. The van der Waals surface area contributed by atoms with Gasteiger partial charge in [-0.05, 0) is 19.3 Å². The Bertz CT molecular complexity index is 564. The lowest BCUT2D eigenvalue weighted by atomic mass is 10.1. The first-order valence-electron chi connectivity index (χ1n) is 7.06. The quantitative estimate of drug-likeness (QED) is 0.781. The van der Waals surface area contributed by atoms with Crippen molar-refractivity contribution in [2.45, 2.75) is 32.3 Å². The molecule has 118 valence electrons. The van der Waals surface area contributed by atoms with Gasteiger partial charge in [-0.2, -0.15) is 4.31 Å². The average molecular weight is 315 g/mol. The maximum Gasteiger partial charge on any atom is 0.278 e. The Morgan fingerprint density at radius 1 is 1.33 bits per heavy atom. The number of hydrogen-bond donors (Lipinski definition) is 0. The molecule has 1 saturated heterocycles.